The Morgan fingerprint density at radius 1 is 1.67 bits per heavy atom. The molecule has 5 nitrogen and oxygen atoms in total. The van der Waals surface area contributed by atoms with E-state index in [-0.39, 0.29) is 30.4 Å². The Morgan fingerprint density at radius 3 is 3.11 bits per heavy atom. The topological polar surface area (TPSA) is 63.2 Å². The molecule has 2 unspecified atom stereocenters. The van der Waals surface area contributed by atoms with Crippen molar-refractivity contribution in [2.24, 2.45) is 0 Å². The van der Waals surface area contributed by atoms with Crippen molar-refractivity contribution in [3.05, 3.63) is 30.1 Å². The average Bonchev–Trinajstić information content (AvgIpc) is 2.40. The van der Waals surface area contributed by atoms with Gasteiger partial charge in [0.05, 0.1) is 19.3 Å². The third kappa shape index (κ3) is 3.94. The van der Waals surface area contributed by atoms with Crippen molar-refractivity contribution in [1.29, 1.82) is 0 Å². The molecule has 1 aliphatic heterocycles. The number of morpholine rings is 1. The van der Waals surface area contributed by atoms with Gasteiger partial charge in [-0.05, 0) is 18.6 Å². The van der Waals surface area contributed by atoms with Crippen LogP contribution in [0.4, 0.5) is 0 Å². The Hall–Kier alpha value is -1.17. The van der Waals surface area contributed by atoms with Crippen molar-refractivity contribution in [2.75, 3.05) is 19.8 Å². The SMILES string of the molecule is CC(NC(=O)C1COCCN1)c1cccnc1.Cl. The first kappa shape index (κ1) is 14.9. The maximum Gasteiger partial charge on any atom is 0.240 e. The highest BCUT2D eigenvalue weighted by atomic mass is 35.5. The second kappa shape index (κ2) is 7.31. The summed E-state index contributed by atoms with van der Waals surface area (Å²) in [5.74, 6) is -0.0268. The Balaban J connectivity index is 0.00000162. The van der Waals surface area contributed by atoms with Gasteiger partial charge in [0.15, 0.2) is 0 Å². The van der Waals surface area contributed by atoms with Crippen LogP contribution in [0.15, 0.2) is 24.5 Å². The lowest BCUT2D eigenvalue weighted by atomic mass is 10.1. The first-order valence-electron chi connectivity index (χ1n) is 5.79. The molecule has 2 heterocycles. The smallest absolute Gasteiger partial charge is 0.240 e. The summed E-state index contributed by atoms with van der Waals surface area (Å²) in [4.78, 5) is 15.9. The number of carbonyl (C=O) groups excluding carboxylic acids is 1. The van der Waals surface area contributed by atoms with Crippen molar-refractivity contribution >= 4 is 18.3 Å². The first-order valence-corrected chi connectivity index (χ1v) is 5.79. The van der Waals surface area contributed by atoms with Crippen LogP contribution in [0.3, 0.4) is 0 Å². The van der Waals surface area contributed by atoms with Gasteiger partial charge in [-0.15, -0.1) is 12.4 Å². The molecule has 18 heavy (non-hydrogen) atoms. The van der Waals surface area contributed by atoms with Crippen molar-refractivity contribution in [2.45, 2.75) is 19.0 Å². The van der Waals surface area contributed by atoms with Crippen LogP contribution in [0.5, 0.6) is 0 Å². The minimum Gasteiger partial charge on any atom is -0.378 e. The van der Waals surface area contributed by atoms with E-state index in [1.54, 1.807) is 12.4 Å². The molecule has 100 valence electrons. The number of pyridine rings is 1. The van der Waals surface area contributed by atoms with E-state index in [4.69, 9.17) is 4.74 Å². The highest BCUT2D eigenvalue weighted by Crippen LogP contribution is 2.10. The molecule has 0 aromatic carbocycles. The molecule has 2 atom stereocenters. The quantitative estimate of drug-likeness (QED) is 0.848. The molecule has 0 aliphatic carbocycles. The number of aromatic nitrogens is 1. The van der Waals surface area contributed by atoms with E-state index in [9.17, 15) is 4.79 Å². The first-order chi connectivity index (χ1) is 8.27. The molecular formula is C12H18ClN3O2. The molecule has 6 heteroatoms. The molecule has 1 amide bonds. The van der Waals surface area contributed by atoms with E-state index in [1.807, 2.05) is 19.1 Å². The second-order valence-electron chi connectivity index (χ2n) is 4.10. The third-order valence-corrected chi connectivity index (χ3v) is 2.78. The van der Waals surface area contributed by atoms with Gasteiger partial charge in [0.25, 0.3) is 0 Å². The summed E-state index contributed by atoms with van der Waals surface area (Å²) in [5, 5.41) is 6.07. The number of halogens is 1. The lowest BCUT2D eigenvalue weighted by molar-refractivity contribution is -0.126. The zero-order valence-electron chi connectivity index (χ0n) is 10.3. The standard InChI is InChI=1S/C12H17N3O2.ClH/c1-9(10-3-2-4-13-7-10)15-12(16)11-8-17-6-5-14-11;/h2-4,7,9,11,14H,5-6,8H2,1H3,(H,15,16);1H. The van der Waals surface area contributed by atoms with Crippen LogP contribution in [0, 0.1) is 0 Å². The van der Waals surface area contributed by atoms with E-state index < -0.39 is 0 Å². The maximum absolute atomic E-state index is 11.9. The van der Waals surface area contributed by atoms with E-state index in [2.05, 4.69) is 15.6 Å². The fourth-order valence-electron chi connectivity index (χ4n) is 1.76. The highest BCUT2D eigenvalue weighted by Gasteiger charge is 2.22. The van der Waals surface area contributed by atoms with E-state index in [0.717, 1.165) is 12.1 Å². The average molecular weight is 272 g/mol. The molecule has 1 fully saturated rings. The van der Waals surface area contributed by atoms with Crippen molar-refractivity contribution in [1.82, 2.24) is 15.6 Å². The fraction of sp³-hybridized carbons (Fsp3) is 0.500. The van der Waals surface area contributed by atoms with Crippen LogP contribution in [0.1, 0.15) is 18.5 Å². The summed E-state index contributed by atoms with van der Waals surface area (Å²) in [5.41, 5.74) is 0.998. The number of carbonyl (C=O) groups is 1. The largest absolute Gasteiger partial charge is 0.378 e. The predicted molar refractivity (Wildman–Crippen MR) is 70.7 cm³/mol. The number of rotatable bonds is 3. The molecule has 0 spiro atoms. The zero-order chi connectivity index (χ0) is 12.1. The minimum atomic E-state index is -0.247. The molecule has 1 aromatic rings. The van der Waals surface area contributed by atoms with Crippen LogP contribution in [0.2, 0.25) is 0 Å². The number of nitrogens with zero attached hydrogens (tertiary/aromatic N) is 1. The van der Waals surface area contributed by atoms with Crippen LogP contribution >= 0.6 is 12.4 Å². The van der Waals surface area contributed by atoms with E-state index in [1.165, 1.54) is 0 Å². The molecule has 1 aromatic heterocycles. The molecule has 1 saturated heterocycles. The Labute approximate surface area is 113 Å². The Kier molecular flexibility index (Phi) is 6.04. The van der Waals surface area contributed by atoms with Gasteiger partial charge in [-0.3, -0.25) is 9.78 Å². The molecule has 0 bridgehead atoms. The van der Waals surface area contributed by atoms with Crippen LogP contribution in [-0.2, 0) is 9.53 Å². The van der Waals surface area contributed by atoms with Crippen LogP contribution in [-0.4, -0.2) is 36.7 Å². The van der Waals surface area contributed by atoms with Gasteiger partial charge in [-0.25, -0.2) is 0 Å². The molecule has 2 rings (SSSR count). The summed E-state index contributed by atoms with van der Waals surface area (Å²) in [6, 6.07) is 3.52. The van der Waals surface area contributed by atoms with Gasteiger partial charge >= 0.3 is 0 Å². The molecule has 2 N–H and O–H groups in total. The van der Waals surface area contributed by atoms with Crippen molar-refractivity contribution < 1.29 is 9.53 Å². The van der Waals surface area contributed by atoms with Crippen LogP contribution < -0.4 is 10.6 Å². The monoisotopic (exact) mass is 271 g/mol. The predicted octanol–water partition coefficient (Wildman–Crippen LogP) is 0.669. The molecule has 1 aliphatic rings. The van der Waals surface area contributed by atoms with E-state index >= 15 is 0 Å². The highest BCUT2D eigenvalue weighted by molar-refractivity contribution is 5.85. The van der Waals surface area contributed by atoms with E-state index in [0.29, 0.717) is 13.2 Å². The lowest BCUT2D eigenvalue weighted by Crippen LogP contribution is -2.51. The summed E-state index contributed by atoms with van der Waals surface area (Å²) < 4.78 is 5.25. The number of amides is 1. The van der Waals surface area contributed by atoms with Gasteiger partial charge < -0.3 is 15.4 Å². The number of nitrogens with one attached hydrogen (secondary N) is 2. The summed E-state index contributed by atoms with van der Waals surface area (Å²) in [6.45, 7) is 3.77. The number of hydrogen-bond donors (Lipinski definition) is 2. The Bertz CT molecular complexity index is 369. The summed E-state index contributed by atoms with van der Waals surface area (Å²) >= 11 is 0. The van der Waals surface area contributed by atoms with Gasteiger partial charge in [0.1, 0.15) is 6.04 Å². The zero-order valence-corrected chi connectivity index (χ0v) is 11.1. The van der Waals surface area contributed by atoms with Crippen LogP contribution in [0.25, 0.3) is 0 Å². The molecule has 0 radical (unpaired) electrons. The van der Waals surface area contributed by atoms with Crippen molar-refractivity contribution in [3.8, 4) is 0 Å². The fourth-order valence-corrected chi connectivity index (χ4v) is 1.76. The third-order valence-electron chi connectivity index (χ3n) is 2.78. The number of ether oxygens (including phenoxy) is 1. The molecule has 0 saturated carbocycles. The van der Waals surface area contributed by atoms with Gasteiger partial charge in [-0.1, -0.05) is 6.07 Å². The maximum atomic E-state index is 11.9. The normalized spacial score (nSPS) is 20.6. The summed E-state index contributed by atoms with van der Waals surface area (Å²) in [7, 11) is 0. The number of hydrogen-bond acceptors (Lipinski definition) is 4. The van der Waals surface area contributed by atoms with Gasteiger partial charge in [0.2, 0.25) is 5.91 Å². The van der Waals surface area contributed by atoms with Crippen molar-refractivity contribution in [3.63, 3.8) is 0 Å². The lowest BCUT2D eigenvalue weighted by Gasteiger charge is -2.24. The summed E-state index contributed by atoms with van der Waals surface area (Å²) in [6.07, 6.45) is 3.48. The van der Waals surface area contributed by atoms with Gasteiger partial charge in [-0.2, -0.15) is 0 Å². The van der Waals surface area contributed by atoms with Gasteiger partial charge in [0, 0.05) is 18.9 Å². The minimum absolute atomic E-state index is 0. The Morgan fingerprint density at radius 2 is 2.50 bits per heavy atom. The second-order valence-corrected chi connectivity index (χ2v) is 4.10. The molecular weight excluding hydrogens is 254 g/mol.